The number of nitrogens with zero attached hydrogens (tertiary/aromatic N) is 3. The maximum atomic E-state index is 12.7. The van der Waals surface area contributed by atoms with Gasteiger partial charge in [-0.15, -0.1) is 0 Å². The number of methoxy groups -OCH3 is 3. The van der Waals surface area contributed by atoms with E-state index in [1.54, 1.807) is 38.4 Å². The van der Waals surface area contributed by atoms with Gasteiger partial charge in [-0.05, 0) is 24.3 Å². The smallest absolute Gasteiger partial charge is 0.261 e. The van der Waals surface area contributed by atoms with Crippen molar-refractivity contribution in [3.63, 3.8) is 0 Å². The Morgan fingerprint density at radius 3 is 2.59 bits per heavy atom. The van der Waals surface area contributed by atoms with Crippen LogP contribution in [0.5, 0.6) is 17.2 Å². The molecular weight excluding hydrogens is 374 g/mol. The Kier molecular flexibility index (Phi) is 5.07. The second-order valence-corrected chi connectivity index (χ2v) is 6.60. The molecule has 8 heteroatoms. The summed E-state index contributed by atoms with van der Waals surface area (Å²) >= 11 is 0. The molecule has 0 saturated carbocycles. The maximum absolute atomic E-state index is 12.7. The zero-order valence-electron chi connectivity index (χ0n) is 16.4. The Morgan fingerprint density at radius 2 is 1.83 bits per heavy atom. The van der Waals surface area contributed by atoms with Gasteiger partial charge in [0, 0.05) is 24.9 Å². The van der Waals surface area contributed by atoms with Gasteiger partial charge in [-0.25, -0.2) is 0 Å². The lowest BCUT2D eigenvalue weighted by molar-refractivity contribution is -0.117. The van der Waals surface area contributed by atoms with Gasteiger partial charge < -0.3 is 23.6 Å². The van der Waals surface area contributed by atoms with E-state index >= 15 is 0 Å². The second kappa shape index (κ2) is 7.83. The highest BCUT2D eigenvalue weighted by Crippen LogP contribution is 2.38. The van der Waals surface area contributed by atoms with Crippen LogP contribution >= 0.6 is 0 Å². The molecule has 29 heavy (non-hydrogen) atoms. The van der Waals surface area contributed by atoms with E-state index in [9.17, 15) is 4.79 Å². The summed E-state index contributed by atoms with van der Waals surface area (Å²) in [5, 5.41) is 4.11. The van der Waals surface area contributed by atoms with Gasteiger partial charge in [0.25, 0.3) is 5.89 Å². The molecule has 1 aliphatic heterocycles. The van der Waals surface area contributed by atoms with Crippen molar-refractivity contribution in [1.82, 2.24) is 10.1 Å². The van der Waals surface area contributed by atoms with Crippen LogP contribution in [-0.2, 0) is 4.79 Å². The van der Waals surface area contributed by atoms with Crippen LogP contribution < -0.4 is 19.1 Å². The highest BCUT2D eigenvalue weighted by Gasteiger charge is 2.36. The van der Waals surface area contributed by atoms with E-state index < -0.39 is 0 Å². The molecule has 150 valence electrons. The van der Waals surface area contributed by atoms with Crippen LogP contribution in [0, 0.1) is 0 Å². The normalized spacial score (nSPS) is 16.2. The first-order chi connectivity index (χ1) is 14.1. The summed E-state index contributed by atoms with van der Waals surface area (Å²) in [4.78, 5) is 18.9. The minimum atomic E-state index is -0.179. The van der Waals surface area contributed by atoms with Crippen LogP contribution in [0.3, 0.4) is 0 Å². The van der Waals surface area contributed by atoms with E-state index in [0.29, 0.717) is 53.2 Å². The Labute approximate surface area is 168 Å². The first kappa shape index (κ1) is 18.8. The molecular formula is C21H21N3O5. The molecule has 1 aliphatic rings. The number of para-hydroxylation sites is 1. The molecule has 3 aromatic rings. The van der Waals surface area contributed by atoms with Crippen molar-refractivity contribution in [3.05, 3.63) is 48.3 Å². The molecule has 1 unspecified atom stereocenters. The average Bonchev–Trinajstić information content (AvgIpc) is 3.40. The second-order valence-electron chi connectivity index (χ2n) is 6.60. The van der Waals surface area contributed by atoms with Gasteiger partial charge >= 0.3 is 0 Å². The fraction of sp³-hybridized carbons (Fsp3) is 0.286. The Morgan fingerprint density at radius 1 is 1.03 bits per heavy atom. The standard InChI is InChI=1S/C21H21N3O5/c1-26-14-8-9-16(18(11-14)28-3)24-12-13(10-19(24)25)20-22-21(29-23-20)15-6-4-5-7-17(15)27-2/h4-9,11,13H,10,12H2,1-3H3. The number of anilines is 1. The van der Waals surface area contributed by atoms with Crippen LogP contribution in [0.2, 0.25) is 0 Å². The zero-order chi connectivity index (χ0) is 20.4. The van der Waals surface area contributed by atoms with Crippen LogP contribution in [0.4, 0.5) is 5.69 Å². The van der Waals surface area contributed by atoms with Crippen molar-refractivity contribution in [2.45, 2.75) is 12.3 Å². The molecule has 2 aromatic carbocycles. The molecule has 1 aromatic heterocycles. The van der Waals surface area contributed by atoms with Crippen molar-refractivity contribution in [2.24, 2.45) is 0 Å². The summed E-state index contributed by atoms with van der Waals surface area (Å²) in [7, 11) is 4.74. The summed E-state index contributed by atoms with van der Waals surface area (Å²) in [6.07, 6.45) is 0.292. The number of amides is 1. The molecule has 1 saturated heterocycles. The number of aromatic nitrogens is 2. The number of benzene rings is 2. The van der Waals surface area contributed by atoms with E-state index in [1.807, 2.05) is 30.3 Å². The minimum Gasteiger partial charge on any atom is -0.497 e. The number of hydrogen-bond acceptors (Lipinski definition) is 7. The Balaban J connectivity index is 1.59. The SMILES string of the molecule is COc1ccc(N2CC(c3noc(-c4ccccc4OC)n3)CC2=O)c(OC)c1. The monoisotopic (exact) mass is 395 g/mol. The number of carbonyl (C=O) groups excluding carboxylic acids is 1. The number of rotatable bonds is 6. The zero-order valence-corrected chi connectivity index (χ0v) is 16.4. The van der Waals surface area contributed by atoms with Crippen LogP contribution in [-0.4, -0.2) is 43.9 Å². The molecule has 1 amide bonds. The van der Waals surface area contributed by atoms with Gasteiger partial charge in [0.05, 0.1) is 32.6 Å². The molecule has 0 N–H and O–H groups in total. The van der Waals surface area contributed by atoms with Gasteiger partial charge in [-0.1, -0.05) is 17.3 Å². The lowest BCUT2D eigenvalue weighted by Crippen LogP contribution is -2.24. The summed E-state index contributed by atoms with van der Waals surface area (Å²) in [6.45, 7) is 0.437. The molecule has 4 rings (SSSR count). The van der Waals surface area contributed by atoms with Crippen molar-refractivity contribution in [2.75, 3.05) is 32.8 Å². The first-order valence-electron chi connectivity index (χ1n) is 9.14. The lowest BCUT2D eigenvalue weighted by Gasteiger charge is -2.19. The summed E-state index contributed by atoms with van der Waals surface area (Å²) in [5.74, 6) is 2.53. The summed E-state index contributed by atoms with van der Waals surface area (Å²) in [5.41, 5.74) is 1.40. The third-order valence-electron chi connectivity index (χ3n) is 4.95. The molecule has 1 atom stereocenters. The number of ether oxygens (including phenoxy) is 3. The lowest BCUT2D eigenvalue weighted by atomic mass is 10.1. The van der Waals surface area contributed by atoms with Crippen LogP contribution in [0.15, 0.2) is 47.0 Å². The van der Waals surface area contributed by atoms with Crippen molar-refractivity contribution < 1.29 is 23.5 Å². The Hall–Kier alpha value is -3.55. The average molecular weight is 395 g/mol. The third kappa shape index (κ3) is 3.49. The quantitative estimate of drug-likeness (QED) is 0.633. The molecule has 0 aliphatic carbocycles. The predicted octanol–water partition coefficient (Wildman–Crippen LogP) is 3.28. The van der Waals surface area contributed by atoms with Crippen molar-refractivity contribution in [1.29, 1.82) is 0 Å². The predicted molar refractivity (Wildman–Crippen MR) is 106 cm³/mol. The van der Waals surface area contributed by atoms with Gasteiger partial charge in [0.1, 0.15) is 17.2 Å². The molecule has 1 fully saturated rings. The highest BCUT2D eigenvalue weighted by atomic mass is 16.5. The van der Waals surface area contributed by atoms with E-state index in [1.165, 1.54) is 0 Å². The minimum absolute atomic E-state index is 0.0258. The largest absolute Gasteiger partial charge is 0.497 e. The van der Waals surface area contributed by atoms with Gasteiger partial charge in [0.2, 0.25) is 5.91 Å². The highest BCUT2D eigenvalue weighted by molar-refractivity contribution is 5.97. The fourth-order valence-corrected chi connectivity index (χ4v) is 3.45. The summed E-state index contributed by atoms with van der Waals surface area (Å²) < 4.78 is 21.5. The number of carbonyl (C=O) groups is 1. The van der Waals surface area contributed by atoms with E-state index in [2.05, 4.69) is 10.1 Å². The van der Waals surface area contributed by atoms with E-state index in [4.69, 9.17) is 18.7 Å². The third-order valence-corrected chi connectivity index (χ3v) is 4.95. The molecule has 0 radical (unpaired) electrons. The maximum Gasteiger partial charge on any atom is 0.261 e. The topological polar surface area (TPSA) is 86.9 Å². The fourth-order valence-electron chi connectivity index (χ4n) is 3.45. The van der Waals surface area contributed by atoms with Gasteiger partial charge in [-0.3, -0.25) is 4.79 Å². The van der Waals surface area contributed by atoms with Gasteiger partial charge in [0.15, 0.2) is 5.82 Å². The van der Waals surface area contributed by atoms with E-state index in [0.717, 1.165) is 0 Å². The molecule has 2 heterocycles. The van der Waals surface area contributed by atoms with Crippen LogP contribution in [0.25, 0.3) is 11.5 Å². The molecule has 0 bridgehead atoms. The van der Waals surface area contributed by atoms with Crippen LogP contribution in [0.1, 0.15) is 18.2 Å². The van der Waals surface area contributed by atoms with Crippen molar-refractivity contribution >= 4 is 11.6 Å². The van der Waals surface area contributed by atoms with Gasteiger partial charge in [-0.2, -0.15) is 4.98 Å². The molecule has 8 nitrogen and oxygen atoms in total. The summed E-state index contributed by atoms with van der Waals surface area (Å²) in [6, 6.07) is 12.8. The van der Waals surface area contributed by atoms with E-state index in [-0.39, 0.29) is 11.8 Å². The van der Waals surface area contributed by atoms with Crippen molar-refractivity contribution in [3.8, 4) is 28.7 Å². The Bertz CT molecular complexity index is 1030. The first-order valence-corrected chi connectivity index (χ1v) is 9.14. The number of hydrogen-bond donors (Lipinski definition) is 0. The molecule has 0 spiro atoms.